The molecule has 4 rings (SSSR count). The molecule has 0 spiro atoms. The Morgan fingerprint density at radius 1 is 1.09 bits per heavy atom. The molecule has 1 aliphatic heterocycles. The number of halogens is 1. The fourth-order valence-corrected chi connectivity index (χ4v) is 4.56. The van der Waals surface area contributed by atoms with Crippen LogP contribution in [0.15, 0.2) is 48.2 Å². The van der Waals surface area contributed by atoms with Gasteiger partial charge < -0.3 is 14.4 Å². The highest BCUT2D eigenvalue weighted by Gasteiger charge is 2.40. The molecule has 2 aliphatic rings. The minimum Gasteiger partial charge on any atom is -0.493 e. The van der Waals surface area contributed by atoms with Crippen LogP contribution in [0.5, 0.6) is 11.5 Å². The number of carbonyl (C=O) groups is 1. The molecule has 5 nitrogen and oxygen atoms in total. The Morgan fingerprint density at radius 3 is 2.50 bits per heavy atom. The number of rotatable bonds is 6. The summed E-state index contributed by atoms with van der Waals surface area (Å²) in [6.45, 7) is 0.295. The third-order valence-electron chi connectivity index (χ3n) is 6.03. The first-order valence-electron chi connectivity index (χ1n) is 10.9. The fourth-order valence-electron chi connectivity index (χ4n) is 4.23. The lowest BCUT2D eigenvalue weighted by Crippen LogP contribution is -2.41. The third-order valence-corrected chi connectivity index (χ3v) is 6.50. The molecule has 0 atom stereocenters. The Labute approximate surface area is 193 Å². The first kappa shape index (κ1) is 22.3. The van der Waals surface area contributed by atoms with E-state index >= 15 is 0 Å². The zero-order valence-corrected chi connectivity index (χ0v) is 19.2. The number of hydrogen-bond donors (Lipinski definition) is 0. The minimum absolute atomic E-state index is 0.0417. The number of methoxy groups -OCH3 is 1. The molecule has 1 amide bonds. The van der Waals surface area contributed by atoms with Gasteiger partial charge in [-0.25, -0.2) is 4.39 Å². The molecule has 2 aromatic rings. The average molecular weight is 455 g/mol. The van der Waals surface area contributed by atoms with Crippen LogP contribution >= 0.6 is 12.2 Å². The van der Waals surface area contributed by atoms with Crippen LogP contribution in [0.2, 0.25) is 0 Å². The van der Waals surface area contributed by atoms with E-state index < -0.39 is 0 Å². The second-order valence-electron chi connectivity index (χ2n) is 8.16. The Morgan fingerprint density at radius 2 is 1.81 bits per heavy atom. The Kier molecular flexibility index (Phi) is 6.74. The highest BCUT2D eigenvalue weighted by atomic mass is 32.1. The molecule has 1 heterocycles. The predicted molar refractivity (Wildman–Crippen MR) is 126 cm³/mol. The quantitative estimate of drug-likeness (QED) is 0.446. The second kappa shape index (κ2) is 9.69. The number of hydrogen-bond acceptors (Lipinski definition) is 4. The highest BCUT2D eigenvalue weighted by Crippen LogP contribution is 2.33. The van der Waals surface area contributed by atoms with Gasteiger partial charge in [0.2, 0.25) is 0 Å². The Bertz CT molecular complexity index is 1030. The van der Waals surface area contributed by atoms with Gasteiger partial charge in [-0.05, 0) is 66.5 Å². The highest BCUT2D eigenvalue weighted by molar-refractivity contribution is 7.80. The molecule has 168 valence electrons. The zero-order chi connectivity index (χ0) is 22.7. The van der Waals surface area contributed by atoms with Gasteiger partial charge in [-0.1, -0.05) is 37.5 Å². The van der Waals surface area contributed by atoms with Crippen molar-refractivity contribution in [2.24, 2.45) is 0 Å². The standard InChI is InChI=1S/C25H27FN2O3S/c1-27-21(24(29)28(25(27)32)20-6-4-3-5-7-20)14-18-10-13-22(23(15-18)30-2)31-16-17-8-11-19(26)12-9-17/h8-15,20H,3-7,16H2,1-2H3/b21-14-. The Balaban J connectivity index is 1.52. The van der Waals surface area contributed by atoms with E-state index in [1.807, 2.05) is 31.3 Å². The van der Waals surface area contributed by atoms with E-state index in [0.717, 1.165) is 36.8 Å². The van der Waals surface area contributed by atoms with E-state index in [9.17, 15) is 9.18 Å². The number of carbonyl (C=O) groups excluding carboxylic acids is 1. The largest absolute Gasteiger partial charge is 0.493 e. The van der Waals surface area contributed by atoms with Crippen LogP contribution in [0, 0.1) is 5.82 Å². The molecular formula is C25H27FN2O3S. The fraction of sp³-hybridized carbons (Fsp3) is 0.360. The van der Waals surface area contributed by atoms with Gasteiger partial charge in [0, 0.05) is 13.1 Å². The van der Waals surface area contributed by atoms with Crippen molar-refractivity contribution in [3.05, 3.63) is 65.1 Å². The summed E-state index contributed by atoms with van der Waals surface area (Å²) in [7, 11) is 3.41. The Hall–Kier alpha value is -2.93. The van der Waals surface area contributed by atoms with Crippen LogP contribution in [0.1, 0.15) is 43.2 Å². The van der Waals surface area contributed by atoms with Gasteiger partial charge in [-0.3, -0.25) is 9.69 Å². The smallest absolute Gasteiger partial charge is 0.277 e. The van der Waals surface area contributed by atoms with Crippen LogP contribution in [0.3, 0.4) is 0 Å². The number of ether oxygens (including phenoxy) is 2. The van der Waals surface area contributed by atoms with Gasteiger partial charge >= 0.3 is 0 Å². The lowest BCUT2D eigenvalue weighted by molar-refractivity contribution is -0.124. The van der Waals surface area contributed by atoms with E-state index in [-0.39, 0.29) is 17.8 Å². The lowest BCUT2D eigenvalue weighted by atomic mass is 9.94. The molecule has 1 aliphatic carbocycles. The summed E-state index contributed by atoms with van der Waals surface area (Å²) in [6.07, 6.45) is 7.33. The summed E-state index contributed by atoms with van der Waals surface area (Å²) in [5, 5.41) is 0.569. The number of benzene rings is 2. The first-order chi connectivity index (χ1) is 15.5. The lowest BCUT2D eigenvalue weighted by Gasteiger charge is -2.30. The van der Waals surface area contributed by atoms with Crippen molar-refractivity contribution in [2.45, 2.75) is 44.8 Å². The van der Waals surface area contributed by atoms with Gasteiger partial charge in [-0.15, -0.1) is 0 Å². The average Bonchev–Trinajstić information content (AvgIpc) is 3.02. The number of amides is 1. The van der Waals surface area contributed by atoms with Gasteiger partial charge in [0.15, 0.2) is 16.6 Å². The van der Waals surface area contributed by atoms with E-state index in [0.29, 0.717) is 28.9 Å². The minimum atomic E-state index is -0.281. The van der Waals surface area contributed by atoms with Crippen molar-refractivity contribution < 1.29 is 18.7 Å². The molecular weight excluding hydrogens is 427 g/mol. The van der Waals surface area contributed by atoms with Gasteiger partial charge in [-0.2, -0.15) is 0 Å². The first-order valence-corrected chi connectivity index (χ1v) is 11.3. The summed E-state index contributed by atoms with van der Waals surface area (Å²) in [5.74, 6) is 0.808. The van der Waals surface area contributed by atoms with Crippen LogP contribution in [-0.4, -0.2) is 41.0 Å². The van der Waals surface area contributed by atoms with E-state index in [2.05, 4.69) is 0 Å². The molecule has 0 radical (unpaired) electrons. The molecule has 1 saturated heterocycles. The van der Waals surface area contributed by atoms with Crippen LogP contribution < -0.4 is 9.47 Å². The van der Waals surface area contributed by atoms with E-state index in [4.69, 9.17) is 21.7 Å². The molecule has 0 N–H and O–H groups in total. The molecule has 0 unspecified atom stereocenters. The van der Waals surface area contributed by atoms with Crippen LogP contribution in [0.4, 0.5) is 4.39 Å². The van der Waals surface area contributed by atoms with Crippen LogP contribution in [0.25, 0.3) is 6.08 Å². The second-order valence-corrected chi connectivity index (χ2v) is 8.53. The van der Waals surface area contributed by atoms with Crippen molar-refractivity contribution in [3.8, 4) is 11.5 Å². The molecule has 7 heteroatoms. The van der Waals surface area contributed by atoms with E-state index in [1.54, 1.807) is 29.0 Å². The molecule has 2 fully saturated rings. The van der Waals surface area contributed by atoms with E-state index in [1.165, 1.54) is 18.6 Å². The third kappa shape index (κ3) is 4.63. The number of nitrogens with zero attached hydrogens (tertiary/aromatic N) is 2. The van der Waals surface area contributed by atoms with Crippen molar-refractivity contribution in [2.75, 3.05) is 14.2 Å². The van der Waals surface area contributed by atoms with Gasteiger partial charge in [0.05, 0.1) is 7.11 Å². The maximum Gasteiger partial charge on any atom is 0.277 e. The summed E-state index contributed by atoms with van der Waals surface area (Å²) in [5.41, 5.74) is 2.23. The van der Waals surface area contributed by atoms with Gasteiger partial charge in [0.1, 0.15) is 18.1 Å². The summed E-state index contributed by atoms with van der Waals surface area (Å²) in [6, 6.07) is 11.9. The molecule has 0 aromatic heterocycles. The molecule has 1 saturated carbocycles. The van der Waals surface area contributed by atoms with Crippen molar-refractivity contribution in [1.82, 2.24) is 9.80 Å². The monoisotopic (exact) mass is 454 g/mol. The predicted octanol–water partition coefficient (Wildman–Crippen LogP) is 5.15. The van der Waals surface area contributed by atoms with Crippen molar-refractivity contribution >= 4 is 29.3 Å². The molecule has 0 bridgehead atoms. The van der Waals surface area contributed by atoms with Crippen molar-refractivity contribution in [3.63, 3.8) is 0 Å². The van der Waals surface area contributed by atoms with Crippen LogP contribution in [-0.2, 0) is 11.4 Å². The number of likely N-dealkylation sites (N-methyl/N-ethyl adjacent to an activating group) is 1. The number of thiocarbonyl (C=S) groups is 1. The normalized spacial score (nSPS) is 18.5. The van der Waals surface area contributed by atoms with Gasteiger partial charge in [0.25, 0.3) is 5.91 Å². The summed E-state index contributed by atoms with van der Waals surface area (Å²) >= 11 is 5.59. The summed E-state index contributed by atoms with van der Waals surface area (Å²) < 4.78 is 24.4. The van der Waals surface area contributed by atoms with Crippen molar-refractivity contribution in [1.29, 1.82) is 0 Å². The molecule has 2 aromatic carbocycles. The topological polar surface area (TPSA) is 42.0 Å². The zero-order valence-electron chi connectivity index (χ0n) is 18.3. The molecule has 32 heavy (non-hydrogen) atoms. The SMILES string of the molecule is COc1cc(/C=C2/C(=O)N(C3CCCCC3)C(=S)N2C)ccc1OCc1ccc(F)cc1. The maximum atomic E-state index is 13.2. The summed E-state index contributed by atoms with van der Waals surface area (Å²) in [4.78, 5) is 16.8. The maximum absolute atomic E-state index is 13.2.